The fraction of sp³-hybridized carbons (Fsp3) is 0.444. The molecule has 1 atom stereocenters. The molecule has 1 aliphatic rings. The molecule has 21 heavy (non-hydrogen) atoms. The van der Waals surface area contributed by atoms with Crippen LogP contribution in [0.2, 0.25) is 0 Å². The van der Waals surface area contributed by atoms with E-state index >= 15 is 0 Å². The van der Waals surface area contributed by atoms with Crippen LogP contribution in [0.4, 0.5) is 0 Å². The largest absolute Gasteiger partial charge is 0.325 e. The lowest BCUT2D eigenvalue weighted by molar-refractivity contribution is 0.245. The van der Waals surface area contributed by atoms with Gasteiger partial charge in [0.2, 0.25) is 5.56 Å². The Hall–Kier alpha value is -1.90. The van der Waals surface area contributed by atoms with Gasteiger partial charge in [-0.2, -0.15) is 0 Å². The summed E-state index contributed by atoms with van der Waals surface area (Å²) in [6.45, 7) is 2.23. The first-order valence-electron chi connectivity index (χ1n) is 7.82. The van der Waals surface area contributed by atoms with Gasteiger partial charge in [-0.1, -0.05) is 31.4 Å². The van der Waals surface area contributed by atoms with E-state index < -0.39 is 0 Å². The summed E-state index contributed by atoms with van der Waals surface area (Å²) >= 11 is 0. The van der Waals surface area contributed by atoms with Crippen LogP contribution in [0.25, 0.3) is 0 Å². The molecule has 0 saturated heterocycles. The van der Waals surface area contributed by atoms with E-state index in [9.17, 15) is 4.79 Å². The van der Waals surface area contributed by atoms with Crippen molar-refractivity contribution in [3.63, 3.8) is 0 Å². The van der Waals surface area contributed by atoms with Crippen molar-refractivity contribution >= 4 is 0 Å². The van der Waals surface area contributed by atoms with Crippen molar-refractivity contribution in [1.29, 1.82) is 0 Å². The summed E-state index contributed by atoms with van der Waals surface area (Å²) in [4.78, 5) is 19.4. The predicted molar refractivity (Wildman–Crippen MR) is 84.3 cm³/mol. The number of aromatic amines is 1. The van der Waals surface area contributed by atoms with E-state index in [0.29, 0.717) is 5.92 Å². The molecule has 1 saturated carbocycles. The molecule has 2 heterocycles. The van der Waals surface area contributed by atoms with Gasteiger partial charge in [0.25, 0.3) is 0 Å². The fourth-order valence-corrected chi connectivity index (χ4v) is 3.67. The van der Waals surface area contributed by atoms with E-state index in [-0.39, 0.29) is 11.0 Å². The quantitative estimate of drug-likeness (QED) is 0.934. The minimum Gasteiger partial charge on any atom is -0.325 e. The van der Waals surface area contributed by atoms with Crippen LogP contribution < -0.4 is 5.56 Å². The molecule has 0 bridgehead atoms. The lowest BCUT2D eigenvalue weighted by atomic mass is 9.66. The Bertz CT molecular complexity index is 644. The molecule has 1 aliphatic carbocycles. The van der Waals surface area contributed by atoms with Crippen LogP contribution in [-0.4, -0.2) is 9.97 Å². The predicted octanol–water partition coefficient (Wildman–Crippen LogP) is 3.66. The molecule has 1 N–H and O–H groups in total. The van der Waals surface area contributed by atoms with Gasteiger partial charge in [-0.3, -0.25) is 9.78 Å². The van der Waals surface area contributed by atoms with Gasteiger partial charge < -0.3 is 4.98 Å². The minimum absolute atomic E-state index is 0.0366. The lowest BCUT2D eigenvalue weighted by Crippen LogP contribution is -2.37. The zero-order valence-electron chi connectivity index (χ0n) is 12.5. The fourth-order valence-electron chi connectivity index (χ4n) is 3.67. The summed E-state index contributed by atoms with van der Waals surface area (Å²) < 4.78 is 0. The number of H-pyrrole nitrogens is 1. The van der Waals surface area contributed by atoms with Crippen LogP contribution >= 0.6 is 0 Å². The van der Waals surface area contributed by atoms with Gasteiger partial charge in [-0.15, -0.1) is 0 Å². The Morgan fingerprint density at radius 3 is 2.57 bits per heavy atom. The normalized spacial score (nSPS) is 19.1. The Kier molecular flexibility index (Phi) is 3.91. The average Bonchev–Trinajstić information content (AvgIpc) is 2.56. The van der Waals surface area contributed by atoms with Gasteiger partial charge in [0.15, 0.2) is 0 Å². The van der Waals surface area contributed by atoms with Crippen molar-refractivity contribution in [3.8, 4) is 0 Å². The molecule has 0 aromatic carbocycles. The Balaban J connectivity index is 2.12. The SMILES string of the molecule is CC(c1ccccn1)(c1cccc(=O)[nH]1)C1CCCCC1. The van der Waals surface area contributed by atoms with Gasteiger partial charge in [0.05, 0.1) is 11.1 Å². The summed E-state index contributed by atoms with van der Waals surface area (Å²) in [5.41, 5.74) is 1.78. The van der Waals surface area contributed by atoms with E-state index in [1.165, 1.54) is 32.1 Å². The summed E-state index contributed by atoms with van der Waals surface area (Å²) in [5.74, 6) is 0.527. The Morgan fingerprint density at radius 1 is 1.10 bits per heavy atom. The summed E-state index contributed by atoms with van der Waals surface area (Å²) in [5, 5.41) is 0. The van der Waals surface area contributed by atoms with Crippen LogP contribution in [0.5, 0.6) is 0 Å². The molecule has 2 aromatic rings. The number of nitrogens with zero attached hydrogens (tertiary/aromatic N) is 1. The molecular weight excluding hydrogens is 260 g/mol. The monoisotopic (exact) mass is 282 g/mol. The summed E-state index contributed by atoms with van der Waals surface area (Å²) in [6.07, 6.45) is 8.10. The molecule has 3 nitrogen and oxygen atoms in total. The van der Waals surface area contributed by atoms with Crippen LogP contribution in [-0.2, 0) is 5.41 Å². The molecule has 0 spiro atoms. The van der Waals surface area contributed by atoms with Crippen LogP contribution in [0.3, 0.4) is 0 Å². The van der Waals surface area contributed by atoms with Crippen LogP contribution in [0, 0.1) is 5.92 Å². The zero-order chi connectivity index (χ0) is 14.7. The van der Waals surface area contributed by atoms with E-state index in [1.807, 2.05) is 30.5 Å². The van der Waals surface area contributed by atoms with Gasteiger partial charge in [-0.05, 0) is 43.9 Å². The topological polar surface area (TPSA) is 45.8 Å². The van der Waals surface area contributed by atoms with Crippen molar-refractivity contribution in [2.75, 3.05) is 0 Å². The highest BCUT2D eigenvalue weighted by Crippen LogP contribution is 2.43. The molecule has 3 heteroatoms. The smallest absolute Gasteiger partial charge is 0.248 e. The highest BCUT2D eigenvalue weighted by atomic mass is 16.1. The number of hydrogen-bond acceptors (Lipinski definition) is 2. The number of aromatic nitrogens is 2. The maximum atomic E-state index is 11.8. The maximum absolute atomic E-state index is 11.8. The number of pyridine rings is 2. The first kappa shape index (κ1) is 14.1. The van der Waals surface area contributed by atoms with E-state index in [4.69, 9.17) is 0 Å². The average molecular weight is 282 g/mol. The Morgan fingerprint density at radius 2 is 1.90 bits per heavy atom. The molecular formula is C18H22N2O. The van der Waals surface area contributed by atoms with Crippen molar-refractivity contribution in [3.05, 3.63) is 64.3 Å². The molecule has 0 aliphatic heterocycles. The van der Waals surface area contributed by atoms with Gasteiger partial charge in [-0.25, -0.2) is 0 Å². The second-order valence-corrected chi connectivity index (χ2v) is 6.18. The number of hydrogen-bond donors (Lipinski definition) is 1. The van der Waals surface area contributed by atoms with Crippen molar-refractivity contribution in [1.82, 2.24) is 9.97 Å². The van der Waals surface area contributed by atoms with Crippen molar-refractivity contribution in [2.24, 2.45) is 5.92 Å². The molecule has 110 valence electrons. The number of nitrogens with one attached hydrogen (secondary N) is 1. The van der Waals surface area contributed by atoms with Gasteiger partial charge >= 0.3 is 0 Å². The summed E-state index contributed by atoms with van der Waals surface area (Å²) in [6, 6.07) is 11.5. The van der Waals surface area contributed by atoms with Crippen molar-refractivity contribution < 1.29 is 0 Å². The standard InChI is InChI=1S/C18H22N2O/c1-18(14-8-3-2-4-9-14,15-10-5-6-13-19-15)16-11-7-12-17(21)20-16/h5-7,10-14H,2-4,8-9H2,1H3,(H,20,21). The highest BCUT2D eigenvalue weighted by Gasteiger charge is 2.39. The Labute approximate surface area is 125 Å². The van der Waals surface area contributed by atoms with Gasteiger partial charge in [0, 0.05) is 18.0 Å². The second kappa shape index (κ2) is 5.84. The van der Waals surface area contributed by atoms with Crippen molar-refractivity contribution in [2.45, 2.75) is 44.4 Å². The second-order valence-electron chi connectivity index (χ2n) is 6.18. The minimum atomic E-state index is -0.220. The third-order valence-corrected chi connectivity index (χ3v) is 4.95. The summed E-state index contributed by atoms with van der Waals surface area (Å²) in [7, 11) is 0. The molecule has 1 unspecified atom stereocenters. The lowest BCUT2D eigenvalue weighted by Gasteiger charge is -2.39. The van der Waals surface area contributed by atoms with Crippen LogP contribution in [0.1, 0.15) is 50.4 Å². The first-order valence-corrected chi connectivity index (χ1v) is 7.82. The van der Waals surface area contributed by atoms with E-state index in [0.717, 1.165) is 11.4 Å². The third-order valence-electron chi connectivity index (χ3n) is 4.95. The molecule has 0 radical (unpaired) electrons. The van der Waals surface area contributed by atoms with E-state index in [1.54, 1.807) is 6.07 Å². The van der Waals surface area contributed by atoms with Crippen LogP contribution in [0.15, 0.2) is 47.4 Å². The third kappa shape index (κ3) is 2.65. The highest BCUT2D eigenvalue weighted by molar-refractivity contribution is 5.31. The zero-order valence-corrected chi connectivity index (χ0v) is 12.5. The number of rotatable bonds is 3. The van der Waals surface area contributed by atoms with Gasteiger partial charge in [0.1, 0.15) is 0 Å². The molecule has 0 amide bonds. The first-order chi connectivity index (χ1) is 10.2. The molecule has 2 aromatic heterocycles. The van der Waals surface area contributed by atoms with E-state index in [2.05, 4.69) is 23.0 Å². The maximum Gasteiger partial charge on any atom is 0.248 e. The molecule has 1 fully saturated rings. The molecule has 3 rings (SSSR count).